The molecule has 0 atom stereocenters. The summed E-state index contributed by atoms with van der Waals surface area (Å²) in [4.78, 5) is 14.7. The van der Waals surface area contributed by atoms with E-state index in [1.807, 2.05) is 0 Å². The van der Waals surface area contributed by atoms with Gasteiger partial charge in [0.15, 0.2) is 0 Å². The number of benzene rings is 1. The predicted octanol–water partition coefficient (Wildman–Crippen LogP) is 2.47. The van der Waals surface area contributed by atoms with E-state index in [1.165, 1.54) is 6.26 Å². The summed E-state index contributed by atoms with van der Waals surface area (Å²) in [6.45, 7) is 0. The lowest BCUT2D eigenvalue weighted by molar-refractivity contribution is 0.0697. The van der Waals surface area contributed by atoms with Crippen LogP contribution in [0.25, 0.3) is 11.5 Å². The van der Waals surface area contributed by atoms with E-state index in [9.17, 15) is 9.18 Å². The van der Waals surface area contributed by atoms with Gasteiger partial charge in [-0.25, -0.2) is 14.2 Å². The number of carboxylic acid groups (broad SMARTS) is 1. The van der Waals surface area contributed by atoms with Gasteiger partial charge in [-0.15, -0.1) is 12.6 Å². The van der Waals surface area contributed by atoms with Crippen LogP contribution in [0.15, 0.2) is 33.9 Å². The van der Waals surface area contributed by atoms with Crippen molar-refractivity contribution in [3.63, 3.8) is 0 Å². The maximum atomic E-state index is 13.0. The van der Waals surface area contributed by atoms with Crippen molar-refractivity contribution >= 4 is 18.6 Å². The number of halogens is 1. The topological polar surface area (TPSA) is 63.3 Å². The van der Waals surface area contributed by atoms with E-state index in [0.29, 0.717) is 5.03 Å². The van der Waals surface area contributed by atoms with Crippen LogP contribution in [0.5, 0.6) is 0 Å². The second-order valence-corrected chi connectivity index (χ2v) is 3.46. The van der Waals surface area contributed by atoms with Crippen LogP contribution in [0.2, 0.25) is 0 Å². The Morgan fingerprint density at radius 2 is 2.25 bits per heavy atom. The van der Waals surface area contributed by atoms with E-state index >= 15 is 0 Å². The highest BCUT2D eigenvalue weighted by molar-refractivity contribution is 7.80. The fourth-order valence-corrected chi connectivity index (χ4v) is 1.41. The summed E-state index contributed by atoms with van der Waals surface area (Å²) in [6.07, 6.45) is 1.25. The van der Waals surface area contributed by atoms with Gasteiger partial charge in [-0.1, -0.05) is 0 Å². The Balaban J connectivity index is 2.62. The number of thiol groups is 1. The molecule has 0 saturated carbocycles. The van der Waals surface area contributed by atoms with Gasteiger partial charge >= 0.3 is 5.97 Å². The first-order chi connectivity index (χ1) is 7.58. The zero-order valence-electron chi connectivity index (χ0n) is 7.85. The van der Waals surface area contributed by atoms with Gasteiger partial charge in [0, 0.05) is 0 Å². The SMILES string of the molecule is O=C(O)c1ccc(F)cc1-c1nc(S)co1. The first-order valence-corrected chi connectivity index (χ1v) is 4.70. The van der Waals surface area contributed by atoms with Gasteiger partial charge in [0.25, 0.3) is 0 Å². The number of rotatable bonds is 2. The molecule has 0 radical (unpaired) electrons. The fourth-order valence-electron chi connectivity index (χ4n) is 1.27. The summed E-state index contributed by atoms with van der Waals surface area (Å²) in [6, 6.07) is 3.29. The lowest BCUT2D eigenvalue weighted by Crippen LogP contribution is -2.00. The Labute approximate surface area is 95.1 Å². The third-order valence-electron chi connectivity index (χ3n) is 1.93. The number of nitrogens with zero attached hydrogens (tertiary/aromatic N) is 1. The minimum atomic E-state index is -1.17. The molecule has 6 heteroatoms. The van der Waals surface area contributed by atoms with Crippen LogP contribution in [0, 0.1) is 5.82 Å². The number of hydrogen-bond donors (Lipinski definition) is 2. The quantitative estimate of drug-likeness (QED) is 0.790. The summed E-state index contributed by atoms with van der Waals surface area (Å²) < 4.78 is 18.0. The van der Waals surface area contributed by atoms with Gasteiger partial charge in [0.1, 0.15) is 17.1 Å². The highest BCUT2D eigenvalue weighted by Gasteiger charge is 2.16. The first-order valence-electron chi connectivity index (χ1n) is 4.25. The Bertz CT molecular complexity index is 553. The molecule has 0 fully saturated rings. The molecule has 0 unspecified atom stereocenters. The number of carboxylic acids is 1. The van der Waals surface area contributed by atoms with Crippen LogP contribution < -0.4 is 0 Å². The number of aromatic nitrogens is 1. The van der Waals surface area contributed by atoms with E-state index in [2.05, 4.69) is 17.6 Å². The van der Waals surface area contributed by atoms with E-state index in [1.54, 1.807) is 0 Å². The van der Waals surface area contributed by atoms with E-state index in [0.717, 1.165) is 18.2 Å². The molecule has 0 aliphatic rings. The van der Waals surface area contributed by atoms with Gasteiger partial charge in [-0.2, -0.15) is 0 Å². The summed E-state index contributed by atoms with van der Waals surface area (Å²) in [5.74, 6) is -1.70. The summed E-state index contributed by atoms with van der Waals surface area (Å²) >= 11 is 3.92. The van der Waals surface area contributed by atoms with Gasteiger partial charge in [0.2, 0.25) is 5.89 Å². The van der Waals surface area contributed by atoms with Crippen molar-refractivity contribution in [1.29, 1.82) is 0 Å². The summed E-state index contributed by atoms with van der Waals surface area (Å²) in [7, 11) is 0. The van der Waals surface area contributed by atoms with Crippen molar-refractivity contribution in [2.24, 2.45) is 0 Å². The molecule has 2 rings (SSSR count). The van der Waals surface area contributed by atoms with Crippen molar-refractivity contribution in [3.05, 3.63) is 35.8 Å². The second-order valence-electron chi connectivity index (χ2n) is 3.01. The molecular formula is C10H6FNO3S. The fraction of sp³-hybridized carbons (Fsp3) is 0. The van der Waals surface area contributed by atoms with Crippen LogP contribution in [0.4, 0.5) is 4.39 Å². The highest BCUT2D eigenvalue weighted by atomic mass is 32.1. The first kappa shape index (κ1) is 10.7. The van der Waals surface area contributed by atoms with Crippen LogP contribution in [0.3, 0.4) is 0 Å². The lowest BCUT2D eigenvalue weighted by Gasteiger charge is -2.01. The summed E-state index contributed by atoms with van der Waals surface area (Å²) in [5, 5.41) is 9.22. The molecule has 1 aromatic heterocycles. The molecule has 16 heavy (non-hydrogen) atoms. The molecule has 0 aliphatic carbocycles. The predicted molar refractivity (Wildman–Crippen MR) is 56.1 cm³/mol. The van der Waals surface area contributed by atoms with Crippen molar-refractivity contribution in [2.75, 3.05) is 0 Å². The highest BCUT2D eigenvalue weighted by Crippen LogP contribution is 2.25. The van der Waals surface area contributed by atoms with Crippen molar-refractivity contribution in [3.8, 4) is 11.5 Å². The third-order valence-corrected chi connectivity index (χ3v) is 2.14. The normalized spacial score (nSPS) is 10.4. The number of hydrogen-bond acceptors (Lipinski definition) is 4. The molecule has 2 aromatic rings. The largest absolute Gasteiger partial charge is 0.478 e. The maximum Gasteiger partial charge on any atom is 0.336 e. The number of oxazole rings is 1. The maximum absolute atomic E-state index is 13.0. The monoisotopic (exact) mass is 239 g/mol. The standard InChI is InChI=1S/C10H6FNO3S/c11-5-1-2-6(10(13)14)7(3-5)9-12-8(16)4-15-9/h1-4,16H,(H,13,14). The molecular weight excluding hydrogens is 233 g/mol. The molecule has 0 spiro atoms. The molecule has 1 heterocycles. The molecule has 0 saturated heterocycles. The molecule has 0 aliphatic heterocycles. The smallest absolute Gasteiger partial charge is 0.336 e. The second kappa shape index (κ2) is 3.97. The zero-order valence-corrected chi connectivity index (χ0v) is 8.74. The molecule has 82 valence electrons. The Hall–Kier alpha value is -1.82. The Kier molecular flexibility index (Phi) is 2.66. The number of aromatic carboxylic acids is 1. The number of carbonyl (C=O) groups is 1. The Morgan fingerprint density at radius 1 is 1.50 bits per heavy atom. The lowest BCUT2D eigenvalue weighted by atomic mass is 10.1. The van der Waals surface area contributed by atoms with Crippen molar-refractivity contribution in [1.82, 2.24) is 4.98 Å². The molecule has 1 N–H and O–H groups in total. The molecule has 0 bridgehead atoms. The van der Waals surface area contributed by atoms with Crippen molar-refractivity contribution in [2.45, 2.75) is 5.03 Å². The molecule has 4 nitrogen and oxygen atoms in total. The summed E-state index contributed by atoms with van der Waals surface area (Å²) in [5.41, 5.74) is 0.0179. The van der Waals surface area contributed by atoms with Crippen LogP contribution in [0.1, 0.15) is 10.4 Å². The van der Waals surface area contributed by atoms with Crippen molar-refractivity contribution < 1.29 is 18.7 Å². The molecule has 0 amide bonds. The molecule has 1 aromatic carbocycles. The van der Waals surface area contributed by atoms with Crippen LogP contribution >= 0.6 is 12.6 Å². The average Bonchev–Trinajstić information content (AvgIpc) is 2.64. The Morgan fingerprint density at radius 3 is 2.81 bits per heavy atom. The minimum absolute atomic E-state index is 0.0295. The minimum Gasteiger partial charge on any atom is -0.478 e. The zero-order chi connectivity index (χ0) is 11.7. The van der Waals surface area contributed by atoms with Gasteiger partial charge in [-0.3, -0.25) is 0 Å². The van der Waals surface area contributed by atoms with Gasteiger partial charge < -0.3 is 9.52 Å². The van der Waals surface area contributed by atoms with E-state index < -0.39 is 11.8 Å². The average molecular weight is 239 g/mol. The van der Waals surface area contributed by atoms with Gasteiger partial charge in [0.05, 0.1) is 11.1 Å². The van der Waals surface area contributed by atoms with E-state index in [4.69, 9.17) is 9.52 Å². The van der Waals surface area contributed by atoms with Gasteiger partial charge in [-0.05, 0) is 18.2 Å². The van der Waals surface area contributed by atoms with E-state index in [-0.39, 0.29) is 17.0 Å². The van der Waals surface area contributed by atoms with Crippen LogP contribution in [-0.2, 0) is 0 Å². The van der Waals surface area contributed by atoms with Crippen LogP contribution in [-0.4, -0.2) is 16.1 Å². The third kappa shape index (κ3) is 1.92.